The molecule has 0 aromatic heterocycles. The zero-order valence-corrected chi connectivity index (χ0v) is 9.04. The molecular formula is C8H10N2OS2. The molecule has 0 aromatic carbocycles. The highest BCUT2D eigenvalue weighted by Gasteiger charge is 2.17. The van der Waals surface area contributed by atoms with E-state index in [-0.39, 0.29) is 5.91 Å². The van der Waals surface area contributed by atoms with Gasteiger partial charge in [-0.25, -0.2) is 5.43 Å². The molecule has 1 aliphatic rings. The maximum atomic E-state index is 11.2. The minimum atomic E-state index is -0.138. The Bertz CT molecular complexity index is 295. The molecule has 0 radical (unpaired) electrons. The molecule has 0 spiro atoms. The first-order chi connectivity index (χ1) is 6.27. The average molecular weight is 214 g/mol. The van der Waals surface area contributed by atoms with Crippen molar-refractivity contribution in [3.05, 3.63) is 23.1 Å². The zero-order valence-electron chi connectivity index (χ0n) is 7.40. The number of nitrogens with zero attached hydrogens (tertiary/aromatic N) is 1. The Balaban J connectivity index is 2.77. The van der Waals surface area contributed by atoms with Crippen LogP contribution in [0.25, 0.3) is 0 Å². The predicted molar refractivity (Wildman–Crippen MR) is 59.6 cm³/mol. The van der Waals surface area contributed by atoms with Crippen LogP contribution in [0, 0.1) is 0 Å². The molecule has 1 aliphatic heterocycles. The number of hydrazone groups is 1. The number of allylic oxidation sites excluding steroid dienone is 3. The summed E-state index contributed by atoms with van der Waals surface area (Å²) in [5.41, 5.74) is 2.45. The summed E-state index contributed by atoms with van der Waals surface area (Å²) in [6, 6.07) is 0. The normalized spacial score (nSPS) is 20.6. The lowest BCUT2D eigenvalue weighted by atomic mass is 10.4. The van der Waals surface area contributed by atoms with Gasteiger partial charge in [-0.15, -0.1) is 11.8 Å². The topological polar surface area (TPSA) is 41.5 Å². The van der Waals surface area contributed by atoms with Gasteiger partial charge in [-0.2, -0.15) is 5.10 Å². The SMILES string of the molecule is C/C=C/C=C1/SC(SC)=NNC1=O. The van der Waals surface area contributed by atoms with E-state index in [0.717, 1.165) is 4.38 Å². The number of amides is 1. The highest BCUT2D eigenvalue weighted by atomic mass is 32.2. The van der Waals surface area contributed by atoms with Crippen LogP contribution in [0.4, 0.5) is 0 Å². The van der Waals surface area contributed by atoms with Gasteiger partial charge in [0.2, 0.25) is 0 Å². The lowest BCUT2D eigenvalue weighted by molar-refractivity contribution is -0.116. The van der Waals surface area contributed by atoms with Gasteiger partial charge in [0.25, 0.3) is 5.91 Å². The van der Waals surface area contributed by atoms with Crippen LogP contribution >= 0.6 is 23.5 Å². The third-order valence-corrected chi connectivity index (χ3v) is 3.28. The van der Waals surface area contributed by atoms with Gasteiger partial charge < -0.3 is 0 Å². The highest BCUT2D eigenvalue weighted by Crippen LogP contribution is 2.26. The fourth-order valence-electron chi connectivity index (χ4n) is 0.695. The van der Waals surface area contributed by atoms with E-state index in [9.17, 15) is 4.79 Å². The number of hydrogen-bond acceptors (Lipinski definition) is 4. The van der Waals surface area contributed by atoms with E-state index in [4.69, 9.17) is 0 Å². The molecule has 0 aliphatic carbocycles. The Morgan fingerprint density at radius 2 is 2.38 bits per heavy atom. The molecule has 0 aromatic rings. The molecule has 1 amide bonds. The summed E-state index contributed by atoms with van der Waals surface area (Å²) < 4.78 is 0.857. The minimum Gasteiger partial charge on any atom is -0.267 e. The van der Waals surface area contributed by atoms with Crippen LogP contribution in [-0.4, -0.2) is 16.5 Å². The summed E-state index contributed by atoms with van der Waals surface area (Å²) >= 11 is 2.91. The molecule has 13 heavy (non-hydrogen) atoms. The van der Waals surface area contributed by atoms with E-state index >= 15 is 0 Å². The van der Waals surface area contributed by atoms with Crippen molar-refractivity contribution in [3.63, 3.8) is 0 Å². The van der Waals surface area contributed by atoms with Crippen molar-refractivity contribution in [2.24, 2.45) is 5.10 Å². The fourth-order valence-corrected chi connectivity index (χ4v) is 2.00. The maximum absolute atomic E-state index is 11.2. The average Bonchev–Trinajstić information content (AvgIpc) is 2.17. The minimum absolute atomic E-state index is 0.138. The van der Waals surface area contributed by atoms with Gasteiger partial charge in [0, 0.05) is 0 Å². The molecule has 0 fully saturated rings. The Hall–Kier alpha value is -0.680. The van der Waals surface area contributed by atoms with Gasteiger partial charge in [-0.1, -0.05) is 23.9 Å². The standard InChI is InChI=1S/C8H10N2OS2/c1-3-4-5-6-7(11)9-10-8(12-2)13-6/h3-5H,1-2H3,(H,9,11)/b4-3+,6-5+. The van der Waals surface area contributed by atoms with Crippen LogP contribution in [0.1, 0.15) is 6.92 Å². The summed E-state index contributed by atoms with van der Waals surface area (Å²) in [6.07, 6.45) is 7.43. The summed E-state index contributed by atoms with van der Waals surface area (Å²) in [6.45, 7) is 1.91. The number of nitrogens with one attached hydrogen (secondary N) is 1. The first-order valence-corrected chi connectivity index (χ1v) is 5.75. The number of carbonyl (C=O) groups is 1. The van der Waals surface area contributed by atoms with Crippen LogP contribution in [-0.2, 0) is 4.79 Å². The second-order valence-electron chi connectivity index (χ2n) is 2.18. The molecule has 0 saturated heterocycles. The highest BCUT2D eigenvalue weighted by molar-refractivity contribution is 8.40. The molecule has 70 valence electrons. The van der Waals surface area contributed by atoms with Crippen molar-refractivity contribution in [1.29, 1.82) is 0 Å². The Kier molecular flexibility index (Phi) is 4.11. The second-order valence-corrected chi connectivity index (χ2v) is 4.27. The molecule has 5 heteroatoms. The smallest absolute Gasteiger partial charge is 0.267 e. The molecule has 0 bridgehead atoms. The third-order valence-electron chi connectivity index (χ3n) is 1.28. The largest absolute Gasteiger partial charge is 0.278 e. The van der Waals surface area contributed by atoms with Gasteiger partial charge >= 0.3 is 0 Å². The van der Waals surface area contributed by atoms with E-state index in [1.165, 1.54) is 23.5 Å². The molecule has 1 N–H and O–H groups in total. The van der Waals surface area contributed by atoms with Gasteiger partial charge in [-0.05, 0) is 19.3 Å². The van der Waals surface area contributed by atoms with E-state index in [2.05, 4.69) is 10.5 Å². The van der Waals surface area contributed by atoms with Crippen molar-refractivity contribution in [1.82, 2.24) is 5.43 Å². The number of thioether (sulfide) groups is 2. The second kappa shape index (κ2) is 5.14. The Morgan fingerprint density at radius 1 is 1.62 bits per heavy atom. The van der Waals surface area contributed by atoms with Crippen LogP contribution < -0.4 is 5.43 Å². The fraction of sp³-hybridized carbons (Fsp3) is 0.250. The summed E-state index contributed by atoms with van der Waals surface area (Å²) in [4.78, 5) is 11.9. The summed E-state index contributed by atoms with van der Waals surface area (Å²) in [5.74, 6) is -0.138. The van der Waals surface area contributed by atoms with Gasteiger partial charge in [0.05, 0.1) is 4.91 Å². The quantitative estimate of drug-likeness (QED) is 0.678. The number of rotatable bonds is 1. The van der Waals surface area contributed by atoms with Gasteiger partial charge in [-0.3, -0.25) is 4.79 Å². The Labute approximate surface area is 85.7 Å². The molecule has 1 heterocycles. The van der Waals surface area contributed by atoms with Crippen molar-refractivity contribution in [3.8, 4) is 0 Å². The zero-order chi connectivity index (χ0) is 9.68. The predicted octanol–water partition coefficient (Wildman–Crippen LogP) is 1.94. The maximum Gasteiger partial charge on any atom is 0.278 e. The van der Waals surface area contributed by atoms with Gasteiger partial charge in [0.15, 0.2) is 4.38 Å². The van der Waals surface area contributed by atoms with Crippen LogP contribution in [0.2, 0.25) is 0 Å². The summed E-state index contributed by atoms with van der Waals surface area (Å²) in [7, 11) is 0. The molecule has 0 unspecified atom stereocenters. The Morgan fingerprint density at radius 3 is 3.00 bits per heavy atom. The molecule has 0 atom stereocenters. The summed E-state index contributed by atoms with van der Waals surface area (Å²) in [5, 5.41) is 3.87. The van der Waals surface area contributed by atoms with E-state index in [1.54, 1.807) is 6.08 Å². The van der Waals surface area contributed by atoms with Gasteiger partial charge in [0.1, 0.15) is 0 Å². The van der Waals surface area contributed by atoms with Crippen molar-refractivity contribution >= 4 is 33.8 Å². The van der Waals surface area contributed by atoms with E-state index in [0.29, 0.717) is 4.91 Å². The first-order valence-electron chi connectivity index (χ1n) is 3.70. The van der Waals surface area contributed by atoms with E-state index in [1.807, 2.05) is 25.3 Å². The molecular weight excluding hydrogens is 204 g/mol. The van der Waals surface area contributed by atoms with Crippen molar-refractivity contribution in [2.75, 3.05) is 6.26 Å². The molecule has 0 saturated carbocycles. The molecule has 3 nitrogen and oxygen atoms in total. The lowest BCUT2D eigenvalue weighted by Crippen LogP contribution is -2.23. The monoisotopic (exact) mass is 214 g/mol. The lowest BCUT2D eigenvalue weighted by Gasteiger charge is -2.11. The van der Waals surface area contributed by atoms with Crippen LogP contribution in [0.15, 0.2) is 28.2 Å². The van der Waals surface area contributed by atoms with Crippen molar-refractivity contribution < 1.29 is 4.79 Å². The third kappa shape index (κ3) is 2.93. The van der Waals surface area contributed by atoms with Crippen molar-refractivity contribution in [2.45, 2.75) is 6.92 Å². The molecule has 1 rings (SSSR count). The van der Waals surface area contributed by atoms with Crippen LogP contribution in [0.5, 0.6) is 0 Å². The van der Waals surface area contributed by atoms with Crippen LogP contribution in [0.3, 0.4) is 0 Å². The van der Waals surface area contributed by atoms with E-state index < -0.39 is 0 Å². The number of carbonyl (C=O) groups excluding carboxylic acids is 1. The number of hydrogen-bond donors (Lipinski definition) is 1. The first kappa shape index (κ1) is 10.4.